The number of nitrogens with one attached hydrogen (secondary N) is 1. The van der Waals surface area contributed by atoms with Gasteiger partial charge in [0.1, 0.15) is 0 Å². The van der Waals surface area contributed by atoms with Crippen LogP contribution in [0.4, 0.5) is 22.0 Å². The topological polar surface area (TPSA) is 113 Å². The van der Waals surface area contributed by atoms with E-state index in [9.17, 15) is 36.6 Å². The largest absolute Gasteiger partial charge is 0.481 e. The first-order valence-corrected chi connectivity index (χ1v) is 12.1. The van der Waals surface area contributed by atoms with Gasteiger partial charge < -0.3 is 10.4 Å². The van der Waals surface area contributed by atoms with E-state index < -0.39 is 48.5 Å². The third kappa shape index (κ3) is 7.13. The van der Waals surface area contributed by atoms with Gasteiger partial charge in [0.2, 0.25) is 0 Å². The molecule has 4 rings (SSSR count). The molecular formula is C25H25F5N6O3. The van der Waals surface area contributed by atoms with Crippen LogP contribution in [0, 0.1) is 0 Å². The van der Waals surface area contributed by atoms with Gasteiger partial charge in [0.15, 0.2) is 11.5 Å². The summed E-state index contributed by atoms with van der Waals surface area (Å²) >= 11 is 0. The molecule has 2 aromatic heterocycles. The van der Waals surface area contributed by atoms with E-state index in [1.807, 2.05) is 0 Å². The Bertz CT molecular complexity index is 1320. The first kappa shape index (κ1) is 28.1. The minimum Gasteiger partial charge on any atom is -0.481 e. The molecule has 1 aliphatic heterocycles. The van der Waals surface area contributed by atoms with Crippen molar-refractivity contribution in [2.75, 3.05) is 19.6 Å². The van der Waals surface area contributed by atoms with Crippen molar-refractivity contribution in [1.29, 1.82) is 0 Å². The molecule has 1 aromatic carbocycles. The van der Waals surface area contributed by atoms with Gasteiger partial charge in [-0.3, -0.25) is 19.5 Å². The zero-order chi connectivity index (χ0) is 28.2. The van der Waals surface area contributed by atoms with Crippen molar-refractivity contribution in [3.8, 4) is 17.1 Å². The van der Waals surface area contributed by atoms with Gasteiger partial charge in [-0.15, -0.1) is 0 Å². The summed E-state index contributed by atoms with van der Waals surface area (Å²) in [5, 5.41) is 16.0. The summed E-state index contributed by atoms with van der Waals surface area (Å²) in [6.45, 7) is 0.102. The van der Waals surface area contributed by atoms with E-state index in [0.29, 0.717) is 13.0 Å². The Morgan fingerprint density at radius 3 is 2.62 bits per heavy atom. The van der Waals surface area contributed by atoms with Crippen LogP contribution >= 0.6 is 0 Å². The number of halogens is 5. The molecule has 3 heterocycles. The van der Waals surface area contributed by atoms with Crippen LogP contribution in [0.5, 0.6) is 0 Å². The summed E-state index contributed by atoms with van der Waals surface area (Å²) in [6, 6.07) is 4.99. The minimum atomic E-state index is -4.70. The molecule has 1 fully saturated rings. The van der Waals surface area contributed by atoms with E-state index in [4.69, 9.17) is 0 Å². The van der Waals surface area contributed by atoms with E-state index in [0.717, 1.165) is 16.8 Å². The van der Waals surface area contributed by atoms with E-state index >= 15 is 0 Å². The SMILES string of the molecule is O=C(O)C[C@H](CCN1CCCC(F)(F)C1)NC(=O)c1cc(-c2ccccc2C(F)(F)F)n(-c2cnccn2)n1. The van der Waals surface area contributed by atoms with Crippen molar-refractivity contribution in [1.82, 2.24) is 30.0 Å². The van der Waals surface area contributed by atoms with Gasteiger partial charge in [-0.05, 0) is 31.5 Å². The zero-order valence-corrected chi connectivity index (χ0v) is 20.5. The lowest BCUT2D eigenvalue weighted by atomic mass is 10.0. The van der Waals surface area contributed by atoms with Gasteiger partial charge in [-0.25, -0.2) is 18.4 Å². The van der Waals surface area contributed by atoms with Crippen LogP contribution in [0.2, 0.25) is 0 Å². The first-order chi connectivity index (χ1) is 18.4. The van der Waals surface area contributed by atoms with Crippen LogP contribution in [-0.4, -0.2) is 73.2 Å². The van der Waals surface area contributed by atoms with E-state index in [-0.39, 0.29) is 42.2 Å². The second-order valence-corrected chi connectivity index (χ2v) is 9.23. The number of benzene rings is 1. The van der Waals surface area contributed by atoms with Crippen LogP contribution in [0.1, 0.15) is 41.7 Å². The maximum atomic E-state index is 13.8. The van der Waals surface area contributed by atoms with Crippen molar-refractivity contribution in [2.45, 2.75) is 43.8 Å². The summed E-state index contributed by atoms with van der Waals surface area (Å²) in [4.78, 5) is 34.0. The highest BCUT2D eigenvalue weighted by Crippen LogP contribution is 2.37. The average molecular weight is 553 g/mol. The van der Waals surface area contributed by atoms with Gasteiger partial charge in [-0.2, -0.15) is 18.3 Å². The number of piperidine rings is 1. The predicted molar refractivity (Wildman–Crippen MR) is 128 cm³/mol. The number of carboxylic acids is 1. The Balaban J connectivity index is 1.62. The molecule has 2 N–H and O–H groups in total. The Labute approximate surface area is 219 Å². The van der Waals surface area contributed by atoms with Crippen molar-refractivity contribution < 1.29 is 36.6 Å². The Hall–Kier alpha value is -3.94. The number of alkyl halides is 5. The number of carbonyl (C=O) groups excluding carboxylic acids is 1. The summed E-state index contributed by atoms with van der Waals surface area (Å²) in [5.41, 5.74) is -1.58. The summed E-state index contributed by atoms with van der Waals surface area (Å²) in [6.07, 6.45) is -1.10. The summed E-state index contributed by atoms with van der Waals surface area (Å²) < 4.78 is 69.9. The lowest BCUT2D eigenvalue weighted by Gasteiger charge is -2.33. The van der Waals surface area contributed by atoms with Crippen molar-refractivity contribution in [3.63, 3.8) is 0 Å². The number of rotatable bonds is 9. The number of aliphatic carboxylic acids is 1. The van der Waals surface area contributed by atoms with Crippen LogP contribution in [0.15, 0.2) is 48.9 Å². The van der Waals surface area contributed by atoms with Crippen LogP contribution in [0.25, 0.3) is 17.1 Å². The number of likely N-dealkylation sites (tertiary alicyclic amines) is 1. The maximum absolute atomic E-state index is 13.8. The third-order valence-electron chi connectivity index (χ3n) is 6.24. The molecule has 1 aliphatic rings. The maximum Gasteiger partial charge on any atom is 0.417 e. The van der Waals surface area contributed by atoms with Gasteiger partial charge in [0.05, 0.1) is 30.4 Å². The number of nitrogens with zero attached hydrogens (tertiary/aromatic N) is 5. The monoisotopic (exact) mass is 552 g/mol. The molecule has 0 unspecified atom stereocenters. The number of carbonyl (C=O) groups is 2. The quantitative estimate of drug-likeness (QED) is 0.385. The smallest absolute Gasteiger partial charge is 0.417 e. The van der Waals surface area contributed by atoms with Gasteiger partial charge in [-0.1, -0.05) is 18.2 Å². The van der Waals surface area contributed by atoms with Crippen LogP contribution in [-0.2, 0) is 11.0 Å². The fourth-order valence-electron chi connectivity index (χ4n) is 4.48. The fourth-order valence-corrected chi connectivity index (χ4v) is 4.48. The highest BCUT2D eigenvalue weighted by atomic mass is 19.4. The molecule has 0 spiro atoms. The molecule has 0 bridgehead atoms. The molecule has 1 atom stereocenters. The zero-order valence-electron chi connectivity index (χ0n) is 20.5. The van der Waals surface area contributed by atoms with E-state index in [1.165, 1.54) is 41.7 Å². The number of hydrogen-bond donors (Lipinski definition) is 2. The van der Waals surface area contributed by atoms with Crippen LogP contribution in [0.3, 0.4) is 0 Å². The second kappa shape index (κ2) is 11.4. The molecule has 3 aromatic rings. The van der Waals surface area contributed by atoms with Gasteiger partial charge in [0.25, 0.3) is 11.8 Å². The van der Waals surface area contributed by atoms with E-state index in [1.54, 1.807) is 0 Å². The summed E-state index contributed by atoms with van der Waals surface area (Å²) in [5.74, 6) is -4.83. The van der Waals surface area contributed by atoms with Crippen molar-refractivity contribution in [2.24, 2.45) is 0 Å². The Morgan fingerprint density at radius 1 is 1.18 bits per heavy atom. The molecule has 1 amide bonds. The Morgan fingerprint density at radius 2 is 1.95 bits per heavy atom. The lowest BCUT2D eigenvalue weighted by Crippen LogP contribution is -2.45. The van der Waals surface area contributed by atoms with Gasteiger partial charge in [0, 0.05) is 37.0 Å². The molecule has 9 nitrogen and oxygen atoms in total. The standard InChI is InChI=1S/C25H25F5N6O3/c26-24(27)7-3-10-35(15-24)11-6-16(12-22(37)38)33-23(39)19-13-20(36(34-19)21-14-31-8-9-32-21)17-4-1-2-5-18(17)25(28,29)30/h1-2,4-5,8-9,13-14,16H,3,6-7,10-12,15H2,(H,33,39)(H,37,38)/t16-/m0/s1. The highest BCUT2D eigenvalue weighted by Gasteiger charge is 2.36. The third-order valence-corrected chi connectivity index (χ3v) is 6.24. The van der Waals surface area contributed by atoms with Crippen LogP contribution < -0.4 is 5.32 Å². The minimum absolute atomic E-state index is 0.0524. The molecule has 0 aliphatic carbocycles. The fraction of sp³-hybridized carbons (Fsp3) is 0.400. The number of hydrogen-bond acceptors (Lipinski definition) is 6. The average Bonchev–Trinajstić information content (AvgIpc) is 3.32. The number of carboxylic acid groups (broad SMARTS) is 1. The number of aromatic nitrogens is 4. The lowest BCUT2D eigenvalue weighted by molar-refractivity contribution is -0.138. The molecule has 14 heteroatoms. The first-order valence-electron chi connectivity index (χ1n) is 12.1. The van der Waals surface area contributed by atoms with Crippen molar-refractivity contribution >= 4 is 11.9 Å². The molecule has 39 heavy (non-hydrogen) atoms. The number of amides is 1. The van der Waals surface area contributed by atoms with E-state index in [2.05, 4.69) is 20.4 Å². The molecule has 208 valence electrons. The highest BCUT2D eigenvalue weighted by molar-refractivity contribution is 5.94. The Kier molecular flexibility index (Phi) is 8.23. The molecule has 0 saturated carbocycles. The van der Waals surface area contributed by atoms with Crippen molar-refractivity contribution in [3.05, 3.63) is 60.2 Å². The normalized spacial score (nSPS) is 16.5. The molecular weight excluding hydrogens is 527 g/mol. The predicted octanol–water partition coefficient (Wildman–Crippen LogP) is 4.04. The molecule has 1 saturated heterocycles. The summed E-state index contributed by atoms with van der Waals surface area (Å²) in [7, 11) is 0. The van der Waals surface area contributed by atoms with Gasteiger partial charge >= 0.3 is 12.1 Å². The second-order valence-electron chi connectivity index (χ2n) is 9.23. The molecule has 0 radical (unpaired) electrons.